The second-order valence-electron chi connectivity index (χ2n) is 8.51. The van der Waals surface area contributed by atoms with E-state index in [1.807, 2.05) is 0 Å². The van der Waals surface area contributed by atoms with Crippen LogP contribution in [0.5, 0.6) is 0 Å². The van der Waals surface area contributed by atoms with Crippen molar-refractivity contribution in [3.8, 4) is 11.8 Å². The Labute approximate surface area is 156 Å². The second-order valence-corrected chi connectivity index (χ2v) is 8.51. The number of rotatable bonds is 2. The average Bonchev–Trinajstić information content (AvgIpc) is 2.59. The first-order valence-corrected chi connectivity index (χ1v) is 9.15. The molecule has 2 nitrogen and oxygen atoms in total. The highest BCUT2D eigenvalue weighted by molar-refractivity contribution is 5.87. The molecular weight excluding hydrogens is 320 g/mol. The van der Waals surface area contributed by atoms with Gasteiger partial charge in [0.25, 0.3) is 0 Å². The van der Waals surface area contributed by atoms with E-state index in [1.165, 1.54) is 29.5 Å². The molecule has 2 aromatic rings. The van der Waals surface area contributed by atoms with E-state index in [4.69, 9.17) is 5.11 Å². The minimum absolute atomic E-state index is 0.209. The Hall–Kier alpha value is -2.53. The molecule has 0 spiro atoms. The summed E-state index contributed by atoms with van der Waals surface area (Å²) in [6, 6.07) is 13.5. The SMILES string of the molecule is CC1(C)CCC(C)(C)c2cc(CC#Cc3ccc(C(=O)O)cc3)ccc21. The van der Waals surface area contributed by atoms with Crippen molar-refractivity contribution in [3.63, 3.8) is 0 Å². The predicted octanol–water partition coefficient (Wildman–Crippen LogP) is 5.33. The van der Waals surface area contributed by atoms with Crippen LogP contribution in [0.4, 0.5) is 0 Å². The van der Waals surface area contributed by atoms with Gasteiger partial charge in [0.2, 0.25) is 0 Å². The molecule has 0 atom stereocenters. The number of fused-ring (bicyclic) bond motifs is 1. The summed E-state index contributed by atoms with van der Waals surface area (Å²) >= 11 is 0. The Kier molecular flexibility index (Phi) is 4.67. The van der Waals surface area contributed by atoms with Gasteiger partial charge >= 0.3 is 5.97 Å². The molecule has 0 amide bonds. The third-order valence-electron chi connectivity index (χ3n) is 5.57. The number of carboxylic acid groups (broad SMARTS) is 1. The third-order valence-corrected chi connectivity index (χ3v) is 5.57. The quantitative estimate of drug-likeness (QED) is 0.747. The molecule has 0 heterocycles. The van der Waals surface area contributed by atoms with E-state index < -0.39 is 5.97 Å². The highest BCUT2D eigenvalue weighted by Gasteiger charge is 2.36. The topological polar surface area (TPSA) is 37.3 Å². The van der Waals surface area contributed by atoms with E-state index in [2.05, 4.69) is 57.7 Å². The molecule has 1 aliphatic rings. The molecule has 0 aliphatic heterocycles. The molecule has 26 heavy (non-hydrogen) atoms. The molecule has 0 fully saturated rings. The monoisotopic (exact) mass is 346 g/mol. The number of hydrogen-bond donors (Lipinski definition) is 1. The van der Waals surface area contributed by atoms with Crippen molar-refractivity contribution in [2.45, 2.75) is 57.8 Å². The van der Waals surface area contributed by atoms with E-state index in [1.54, 1.807) is 24.3 Å². The van der Waals surface area contributed by atoms with Gasteiger partial charge in [-0.05, 0) is 64.6 Å². The Morgan fingerprint density at radius 3 is 2.19 bits per heavy atom. The smallest absolute Gasteiger partial charge is 0.335 e. The van der Waals surface area contributed by atoms with Gasteiger partial charge in [-0.2, -0.15) is 0 Å². The van der Waals surface area contributed by atoms with Crippen LogP contribution in [0.1, 0.15) is 73.1 Å². The molecule has 0 saturated heterocycles. The lowest BCUT2D eigenvalue weighted by Crippen LogP contribution is -2.33. The van der Waals surface area contributed by atoms with Crippen LogP contribution >= 0.6 is 0 Å². The maximum absolute atomic E-state index is 10.9. The summed E-state index contributed by atoms with van der Waals surface area (Å²) in [5.41, 5.74) is 5.74. The fourth-order valence-electron chi connectivity index (χ4n) is 3.69. The van der Waals surface area contributed by atoms with Crippen molar-refractivity contribution in [1.29, 1.82) is 0 Å². The summed E-state index contributed by atoms with van der Waals surface area (Å²) in [5.74, 6) is 5.44. The van der Waals surface area contributed by atoms with Gasteiger partial charge < -0.3 is 5.11 Å². The Balaban J connectivity index is 1.81. The van der Waals surface area contributed by atoms with Crippen LogP contribution in [0.15, 0.2) is 42.5 Å². The highest BCUT2D eigenvalue weighted by Crippen LogP contribution is 2.45. The summed E-state index contributed by atoms with van der Waals surface area (Å²) < 4.78 is 0. The number of carboxylic acids is 1. The molecule has 2 aromatic carbocycles. The summed E-state index contributed by atoms with van der Waals surface area (Å²) in [6.07, 6.45) is 3.13. The minimum atomic E-state index is -0.913. The van der Waals surface area contributed by atoms with E-state index in [0.717, 1.165) is 5.56 Å². The lowest BCUT2D eigenvalue weighted by Gasteiger charge is -2.42. The molecule has 1 aliphatic carbocycles. The fraction of sp³-hybridized carbons (Fsp3) is 0.375. The van der Waals surface area contributed by atoms with Gasteiger partial charge in [0, 0.05) is 12.0 Å². The Bertz CT molecular complexity index is 890. The molecule has 1 N–H and O–H groups in total. The first-order chi connectivity index (χ1) is 12.2. The zero-order valence-corrected chi connectivity index (χ0v) is 16.0. The number of aromatic carboxylic acids is 1. The second kappa shape index (κ2) is 6.65. The standard InChI is InChI=1S/C24H26O2/c1-23(2)14-15-24(3,4)21-16-18(10-13-20(21)23)7-5-6-17-8-11-19(12-9-17)22(25)26/h8-13,16H,7,14-15H2,1-4H3,(H,25,26). The lowest BCUT2D eigenvalue weighted by molar-refractivity contribution is 0.0697. The van der Waals surface area contributed by atoms with Crippen LogP contribution in [0, 0.1) is 11.8 Å². The maximum atomic E-state index is 10.9. The van der Waals surface area contributed by atoms with E-state index in [0.29, 0.717) is 6.42 Å². The van der Waals surface area contributed by atoms with Crippen molar-refractivity contribution in [2.24, 2.45) is 0 Å². The minimum Gasteiger partial charge on any atom is -0.478 e. The van der Waals surface area contributed by atoms with Crippen molar-refractivity contribution in [1.82, 2.24) is 0 Å². The summed E-state index contributed by atoms with van der Waals surface area (Å²) in [4.78, 5) is 10.9. The maximum Gasteiger partial charge on any atom is 0.335 e. The predicted molar refractivity (Wildman–Crippen MR) is 106 cm³/mol. The van der Waals surface area contributed by atoms with Gasteiger partial charge in [-0.3, -0.25) is 0 Å². The number of benzene rings is 2. The molecule has 3 rings (SSSR count). The van der Waals surface area contributed by atoms with E-state index >= 15 is 0 Å². The molecule has 134 valence electrons. The highest BCUT2D eigenvalue weighted by atomic mass is 16.4. The zero-order valence-electron chi connectivity index (χ0n) is 16.0. The number of carbonyl (C=O) groups is 1. The molecular formula is C24H26O2. The van der Waals surface area contributed by atoms with Gasteiger partial charge in [0.15, 0.2) is 0 Å². The molecule has 0 aromatic heterocycles. The molecule has 0 bridgehead atoms. The normalized spacial score (nSPS) is 16.9. The Morgan fingerprint density at radius 1 is 0.962 bits per heavy atom. The average molecular weight is 346 g/mol. The third kappa shape index (κ3) is 3.68. The van der Waals surface area contributed by atoms with Crippen molar-refractivity contribution < 1.29 is 9.90 Å². The first-order valence-electron chi connectivity index (χ1n) is 9.15. The van der Waals surface area contributed by atoms with E-state index in [9.17, 15) is 4.79 Å². The van der Waals surface area contributed by atoms with Crippen molar-refractivity contribution in [3.05, 3.63) is 70.3 Å². The molecule has 2 heteroatoms. The van der Waals surface area contributed by atoms with E-state index in [-0.39, 0.29) is 16.4 Å². The summed E-state index contributed by atoms with van der Waals surface area (Å²) in [5, 5.41) is 8.94. The van der Waals surface area contributed by atoms with Gasteiger partial charge in [-0.15, -0.1) is 0 Å². The number of hydrogen-bond acceptors (Lipinski definition) is 1. The Morgan fingerprint density at radius 2 is 1.58 bits per heavy atom. The zero-order chi connectivity index (χ0) is 18.9. The van der Waals surface area contributed by atoms with Crippen LogP contribution in [0.2, 0.25) is 0 Å². The summed E-state index contributed by atoms with van der Waals surface area (Å²) in [7, 11) is 0. The van der Waals surface area contributed by atoms with Gasteiger partial charge in [-0.25, -0.2) is 4.79 Å². The summed E-state index contributed by atoms with van der Waals surface area (Å²) in [6.45, 7) is 9.34. The van der Waals surface area contributed by atoms with Gasteiger partial charge in [0.05, 0.1) is 5.56 Å². The van der Waals surface area contributed by atoms with Gasteiger partial charge in [-0.1, -0.05) is 57.7 Å². The molecule has 0 radical (unpaired) electrons. The molecule has 0 unspecified atom stereocenters. The van der Waals surface area contributed by atoms with Crippen LogP contribution in [0.25, 0.3) is 0 Å². The lowest BCUT2D eigenvalue weighted by atomic mass is 9.63. The largest absolute Gasteiger partial charge is 0.478 e. The van der Waals surface area contributed by atoms with Crippen molar-refractivity contribution in [2.75, 3.05) is 0 Å². The van der Waals surface area contributed by atoms with Crippen LogP contribution in [-0.4, -0.2) is 11.1 Å². The van der Waals surface area contributed by atoms with Crippen LogP contribution in [0.3, 0.4) is 0 Å². The fourth-order valence-corrected chi connectivity index (χ4v) is 3.69. The first kappa shape index (κ1) is 18.3. The van der Waals surface area contributed by atoms with Crippen LogP contribution < -0.4 is 0 Å². The van der Waals surface area contributed by atoms with Crippen molar-refractivity contribution >= 4 is 5.97 Å². The molecule has 0 saturated carbocycles. The van der Waals surface area contributed by atoms with Gasteiger partial charge in [0.1, 0.15) is 0 Å². The van der Waals surface area contributed by atoms with Crippen LogP contribution in [-0.2, 0) is 17.3 Å².